The lowest BCUT2D eigenvalue weighted by Gasteiger charge is -2.28. The van der Waals surface area contributed by atoms with Crippen LogP contribution in [0.2, 0.25) is 0 Å². The number of hydrogen-bond donors (Lipinski definition) is 2. The van der Waals surface area contributed by atoms with Gasteiger partial charge in [-0.3, -0.25) is 0 Å². The Balaban J connectivity index is 1.40. The standard InChI is InChI=1S/C22H26N4O3S/c1-3-23-22(28)24-15-9-11-17(12-10-15)29-21(27)19-13-18-14(2)25-26(20(18)30-19)16-7-5-4-6-8-16/h4-8,13,15,17H,3,9-12H2,1-2H3,(H2,23,24,28). The predicted octanol–water partition coefficient (Wildman–Crippen LogP) is 4.18. The number of fused-ring (bicyclic) bond motifs is 1. The van der Waals surface area contributed by atoms with Crippen molar-refractivity contribution in [3.63, 3.8) is 0 Å². The average molecular weight is 427 g/mol. The summed E-state index contributed by atoms with van der Waals surface area (Å²) in [6.07, 6.45) is 3.02. The lowest BCUT2D eigenvalue weighted by molar-refractivity contribution is 0.0194. The average Bonchev–Trinajstić information content (AvgIpc) is 3.31. The van der Waals surface area contributed by atoms with E-state index in [0.29, 0.717) is 11.4 Å². The minimum Gasteiger partial charge on any atom is -0.458 e. The second kappa shape index (κ2) is 8.87. The smallest absolute Gasteiger partial charge is 0.348 e. The summed E-state index contributed by atoms with van der Waals surface area (Å²) < 4.78 is 7.66. The second-order valence-electron chi connectivity index (χ2n) is 7.54. The van der Waals surface area contributed by atoms with Crippen LogP contribution in [0.15, 0.2) is 36.4 Å². The zero-order valence-corrected chi connectivity index (χ0v) is 18.0. The van der Waals surface area contributed by atoms with Gasteiger partial charge in [0.1, 0.15) is 15.8 Å². The predicted molar refractivity (Wildman–Crippen MR) is 117 cm³/mol. The molecular weight excluding hydrogens is 400 g/mol. The summed E-state index contributed by atoms with van der Waals surface area (Å²) in [5, 5.41) is 11.3. The van der Waals surface area contributed by atoms with Crippen molar-refractivity contribution in [3.05, 3.63) is 47.0 Å². The molecule has 0 radical (unpaired) electrons. The van der Waals surface area contributed by atoms with Gasteiger partial charge in [0.05, 0.1) is 11.4 Å². The van der Waals surface area contributed by atoms with Gasteiger partial charge in [0, 0.05) is 18.0 Å². The molecule has 1 aliphatic rings. The minimum absolute atomic E-state index is 0.110. The Kier molecular flexibility index (Phi) is 6.03. The van der Waals surface area contributed by atoms with Crippen molar-refractivity contribution < 1.29 is 14.3 Å². The van der Waals surface area contributed by atoms with E-state index >= 15 is 0 Å². The minimum atomic E-state index is -0.282. The summed E-state index contributed by atoms with van der Waals surface area (Å²) in [4.78, 5) is 26.0. The SMILES string of the molecule is CCNC(=O)NC1CCC(OC(=O)c2cc3c(C)nn(-c4ccccc4)c3s2)CC1. The maximum atomic E-state index is 12.8. The molecule has 2 aromatic heterocycles. The molecule has 0 spiro atoms. The maximum Gasteiger partial charge on any atom is 0.348 e. The zero-order valence-electron chi connectivity index (χ0n) is 17.2. The molecule has 0 atom stereocenters. The van der Waals surface area contributed by atoms with Crippen LogP contribution in [0.4, 0.5) is 4.79 Å². The molecular formula is C22H26N4O3S. The Morgan fingerprint density at radius 3 is 2.63 bits per heavy atom. The van der Waals surface area contributed by atoms with E-state index < -0.39 is 0 Å². The first-order valence-corrected chi connectivity index (χ1v) is 11.2. The van der Waals surface area contributed by atoms with Crippen LogP contribution in [0.25, 0.3) is 15.9 Å². The summed E-state index contributed by atoms with van der Waals surface area (Å²) in [6.45, 7) is 4.45. The van der Waals surface area contributed by atoms with Gasteiger partial charge in [-0.1, -0.05) is 18.2 Å². The summed E-state index contributed by atoms with van der Waals surface area (Å²) in [7, 11) is 0. The first-order valence-electron chi connectivity index (χ1n) is 10.3. The highest BCUT2D eigenvalue weighted by Crippen LogP contribution is 2.31. The van der Waals surface area contributed by atoms with Crippen LogP contribution in [-0.4, -0.2) is 40.5 Å². The van der Waals surface area contributed by atoms with Crippen LogP contribution >= 0.6 is 11.3 Å². The van der Waals surface area contributed by atoms with E-state index in [1.54, 1.807) is 0 Å². The van der Waals surface area contributed by atoms with E-state index in [0.717, 1.165) is 47.3 Å². The number of ether oxygens (including phenoxy) is 1. The molecule has 1 aliphatic carbocycles. The Bertz CT molecular complexity index is 1040. The molecule has 2 heterocycles. The molecule has 7 nitrogen and oxygen atoms in total. The normalized spacial score (nSPS) is 18.9. The fraction of sp³-hybridized carbons (Fsp3) is 0.409. The van der Waals surface area contributed by atoms with Crippen LogP contribution in [0, 0.1) is 6.92 Å². The van der Waals surface area contributed by atoms with Crippen LogP contribution < -0.4 is 10.6 Å². The van der Waals surface area contributed by atoms with Gasteiger partial charge in [0.2, 0.25) is 0 Å². The Morgan fingerprint density at radius 1 is 1.20 bits per heavy atom. The summed E-state index contributed by atoms with van der Waals surface area (Å²) in [5.41, 5.74) is 1.86. The lowest BCUT2D eigenvalue weighted by Crippen LogP contribution is -2.44. The van der Waals surface area contributed by atoms with E-state index in [1.807, 2.05) is 54.9 Å². The monoisotopic (exact) mass is 426 g/mol. The number of nitrogens with one attached hydrogen (secondary N) is 2. The van der Waals surface area contributed by atoms with E-state index in [4.69, 9.17) is 4.74 Å². The van der Waals surface area contributed by atoms with Gasteiger partial charge in [-0.05, 0) is 57.7 Å². The zero-order chi connectivity index (χ0) is 21.1. The number of nitrogens with zero attached hydrogens (tertiary/aromatic N) is 2. The number of para-hydroxylation sites is 1. The molecule has 0 unspecified atom stereocenters. The number of aromatic nitrogens is 2. The number of amides is 2. The topological polar surface area (TPSA) is 85.2 Å². The fourth-order valence-corrected chi connectivity index (χ4v) is 4.89. The van der Waals surface area contributed by atoms with Gasteiger partial charge in [-0.15, -0.1) is 11.3 Å². The second-order valence-corrected chi connectivity index (χ2v) is 8.58. The van der Waals surface area contributed by atoms with E-state index in [-0.39, 0.29) is 24.1 Å². The molecule has 158 valence electrons. The van der Waals surface area contributed by atoms with Gasteiger partial charge >= 0.3 is 12.0 Å². The third-order valence-electron chi connectivity index (χ3n) is 5.37. The third kappa shape index (κ3) is 4.33. The maximum absolute atomic E-state index is 12.8. The van der Waals surface area contributed by atoms with Gasteiger partial charge in [-0.2, -0.15) is 5.10 Å². The van der Waals surface area contributed by atoms with Crippen molar-refractivity contribution in [3.8, 4) is 5.69 Å². The Labute approximate surface area is 179 Å². The molecule has 0 saturated heterocycles. The summed E-state index contributed by atoms with van der Waals surface area (Å²) in [5.74, 6) is -0.282. The molecule has 2 N–H and O–H groups in total. The first-order chi connectivity index (χ1) is 14.5. The molecule has 4 rings (SSSR count). The molecule has 1 aromatic carbocycles. The molecule has 0 aliphatic heterocycles. The van der Waals surface area contributed by atoms with Gasteiger partial charge in [-0.25, -0.2) is 14.3 Å². The van der Waals surface area contributed by atoms with Crippen LogP contribution in [0.5, 0.6) is 0 Å². The number of rotatable bonds is 5. The number of urea groups is 1. The summed E-state index contributed by atoms with van der Waals surface area (Å²) >= 11 is 1.41. The van der Waals surface area contributed by atoms with Gasteiger partial charge < -0.3 is 15.4 Å². The fourth-order valence-electron chi connectivity index (χ4n) is 3.82. The number of benzene rings is 1. The quantitative estimate of drug-likeness (QED) is 0.599. The molecule has 30 heavy (non-hydrogen) atoms. The van der Waals surface area contributed by atoms with E-state index in [9.17, 15) is 9.59 Å². The molecule has 1 fully saturated rings. The number of esters is 1. The van der Waals surface area contributed by atoms with Crippen molar-refractivity contribution in [2.75, 3.05) is 6.54 Å². The Hall–Kier alpha value is -2.87. The number of carbonyl (C=O) groups excluding carboxylic acids is 2. The molecule has 0 bridgehead atoms. The van der Waals surface area contributed by atoms with Gasteiger partial charge in [0.15, 0.2) is 0 Å². The summed E-state index contributed by atoms with van der Waals surface area (Å²) in [6, 6.07) is 11.8. The van der Waals surface area contributed by atoms with Gasteiger partial charge in [0.25, 0.3) is 0 Å². The van der Waals surface area contributed by atoms with Crippen molar-refractivity contribution in [1.82, 2.24) is 20.4 Å². The van der Waals surface area contributed by atoms with Crippen LogP contribution in [-0.2, 0) is 4.74 Å². The highest BCUT2D eigenvalue weighted by molar-refractivity contribution is 7.20. The molecule has 3 aromatic rings. The van der Waals surface area contributed by atoms with Crippen molar-refractivity contribution in [2.45, 2.75) is 51.7 Å². The third-order valence-corrected chi connectivity index (χ3v) is 6.46. The number of aryl methyl sites for hydroxylation is 1. The van der Waals surface area contributed by atoms with E-state index in [2.05, 4.69) is 15.7 Å². The molecule has 2 amide bonds. The van der Waals surface area contributed by atoms with Crippen molar-refractivity contribution in [1.29, 1.82) is 0 Å². The highest BCUT2D eigenvalue weighted by atomic mass is 32.1. The van der Waals surface area contributed by atoms with Crippen molar-refractivity contribution in [2.24, 2.45) is 0 Å². The number of hydrogen-bond acceptors (Lipinski definition) is 5. The number of carbonyl (C=O) groups is 2. The largest absolute Gasteiger partial charge is 0.458 e. The van der Waals surface area contributed by atoms with E-state index in [1.165, 1.54) is 11.3 Å². The Morgan fingerprint density at radius 2 is 1.93 bits per heavy atom. The highest BCUT2D eigenvalue weighted by Gasteiger charge is 2.26. The number of thiophene rings is 1. The molecule has 8 heteroatoms. The first kappa shape index (κ1) is 20.4. The van der Waals surface area contributed by atoms with Crippen LogP contribution in [0.3, 0.4) is 0 Å². The molecule has 1 saturated carbocycles. The lowest BCUT2D eigenvalue weighted by atomic mass is 9.93. The van der Waals surface area contributed by atoms with Crippen LogP contribution in [0.1, 0.15) is 48.0 Å². The van der Waals surface area contributed by atoms with Crippen molar-refractivity contribution >= 4 is 33.6 Å².